The van der Waals surface area contributed by atoms with Gasteiger partial charge in [0, 0.05) is 5.92 Å². The highest BCUT2D eigenvalue weighted by molar-refractivity contribution is 6.31. The summed E-state index contributed by atoms with van der Waals surface area (Å²) < 4.78 is 0. The Morgan fingerprint density at radius 1 is 1.62 bits per heavy atom. The Morgan fingerprint density at radius 3 is 2.85 bits per heavy atom. The van der Waals surface area contributed by atoms with Crippen LogP contribution in [0.15, 0.2) is 18.2 Å². The Morgan fingerprint density at radius 2 is 2.31 bits per heavy atom. The van der Waals surface area contributed by atoms with Crippen molar-refractivity contribution in [2.45, 2.75) is 13.3 Å². The molecule has 0 amide bonds. The van der Waals surface area contributed by atoms with Crippen molar-refractivity contribution in [3.8, 4) is 5.75 Å². The normalized spacial score (nSPS) is 12.5. The molecule has 0 fully saturated rings. The summed E-state index contributed by atoms with van der Waals surface area (Å²) in [5.74, 6) is 0.0397. The highest BCUT2D eigenvalue weighted by Gasteiger charge is 2.04. The van der Waals surface area contributed by atoms with Gasteiger partial charge in [-0.1, -0.05) is 24.6 Å². The van der Waals surface area contributed by atoms with Crippen LogP contribution in [0.5, 0.6) is 5.75 Å². The van der Waals surface area contributed by atoms with Crippen LogP contribution in [0.25, 0.3) is 0 Å². The molecule has 1 atom stereocenters. The average Bonchev–Trinajstić information content (AvgIpc) is 2.11. The number of hydrogen-bond acceptors (Lipinski definition) is 2. The van der Waals surface area contributed by atoms with Gasteiger partial charge in [0.2, 0.25) is 0 Å². The van der Waals surface area contributed by atoms with Crippen LogP contribution in [0.1, 0.15) is 12.5 Å². The smallest absolute Gasteiger partial charge is 0.134 e. The first-order valence-electron chi connectivity index (χ1n) is 4.06. The predicted octanol–water partition coefficient (Wildman–Crippen LogP) is 2.42. The third-order valence-electron chi connectivity index (χ3n) is 1.80. The standard InChI is InChI=1S/C10H11ClO2/c1-7(6-12)4-8-2-3-9(11)10(13)5-8/h2-3,5-7,13H,4H2,1H3. The maximum Gasteiger partial charge on any atom is 0.134 e. The minimum atomic E-state index is -0.0272. The van der Waals surface area contributed by atoms with Crippen molar-refractivity contribution >= 4 is 17.9 Å². The first kappa shape index (κ1) is 10.1. The molecule has 0 aliphatic heterocycles. The first-order valence-corrected chi connectivity index (χ1v) is 4.44. The maximum absolute atomic E-state index is 10.4. The van der Waals surface area contributed by atoms with Crippen LogP contribution in [-0.4, -0.2) is 11.4 Å². The lowest BCUT2D eigenvalue weighted by molar-refractivity contribution is -0.110. The van der Waals surface area contributed by atoms with Crippen LogP contribution in [0, 0.1) is 5.92 Å². The molecule has 0 heterocycles. The quantitative estimate of drug-likeness (QED) is 0.758. The molecule has 1 aromatic carbocycles. The molecular formula is C10H11ClO2. The molecule has 0 saturated heterocycles. The molecular weight excluding hydrogens is 188 g/mol. The second-order valence-corrected chi connectivity index (χ2v) is 3.51. The minimum absolute atomic E-state index is 0.0272. The summed E-state index contributed by atoms with van der Waals surface area (Å²) >= 11 is 5.63. The zero-order chi connectivity index (χ0) is 9.84. The van der Waals surface area contributed by atoms with Gasteiger partial charge in [-0.25, -0.2) is 0 Å². The third-order valence-corrected chi connectivity index (χ3v) is 2.12. The van der Waals surface area contributed by atoms with Gasteiger partial charge >= 0.3 is 0 Å². The van der Waals surface area contributed by atoms with E-state index in [1.807, 2.05) is 13.0 Å². The molecule has 0 aromatic heterocycles. The van der Waals surface area contributed by atoms with Crippen molar-refractivity contribution < 1.29 is 9.90 Å². The topological polar surface area (TPSA) is 37.3 Å². The molecule has 2 nitrogen and oxygen atoms in total. The number of aldehydes is 1. The van der Waals surface area contributed by atoms with Gasteiger partial charge in [-0.2, -0.15) is 0 Å². The molecule has 1 N–H and O–H groups in total. The van der Waals surface area contributed by atoms with E-state index >= 15 is 0 Å². The van der Waals surface area contributed by atoms with Crippen molar-refractivity contribution in [2.75, 3.05) is 0 Å². The number of phenolic OH excluding ortho intramolecular Hbond substituents is 1. The number of halogens is 1. The van der Waals surface area contributed by atoms with E-state index in [-0.39, 0.29) is 11.7 Å². The third kappa shape index (κ3) is 2.74. The number of benzene rings is 1. The van der Waals surface area contributed by atoms with Crippen molar-refractivity contribution in [3.05, 3.63) is 28.8 Å². The second kappa shape index (κ2) is 4.28. The predicted molar refractivity (Wildman–Crippen MR) is 52.0 cm³/mol. The fourth-order valence-corrected chi connectivity index (χ4v) is 1.22. The van der Waals surface area contributed by atoms with Crippen molar-refractivity contribution in [1.29, 1.82) is 0 Å². The van der Waals surface area contributed by atoms with Crippen molar-refractivity contribution in [3.63, 3.8) is 0 Å². The number of hydrogen-bond donors (Lipinski definition) is 1. The number of phenols is 1. The van der Waals surface area contributed by atoms with E-state index in [0.29, 0.717) is 11.4 Å². The van der Waals surface area contributed by atoms with E-state index < -0.39 is 0 Å². The van der Waals surface area contributed by atoms with Gasteiger partial charge in [0.1, 0.15) is 12.0 Å². The summed E-state index contributed by atoms with van der Waals surface area (Å²) in [5.41, 5.74) is 0.918. The largest absolute Gasteiger partial charge is 0.506 e. The van der Waals surface area contributed by atoms with Gasteiger partial charge in [0.05, 0.1) is 5.02 Å². The molecule has 1 rings (SSSR count). The number of carbonyl (C=O) groups excluding carboxylic acids is 1. The van der Waals surface area contributed by atoms with Gasteiger partial charge in [-0.3, -0.25) is 0 Å². The SMILES string of the molecule is CC(C=O)Cc1ccc(Cl)c(O)c1. The summed E-state index contributed by atoms with van der Waals surface area (Å²) in [4.78, 5) is 10.4. The molecule has 1 unspecified atom stereocenters. The highest BCUT2D eigenvalue weighted by atomic mass is 35.5. The molecule has 0 saturated carbocycles. The highest BCUT2D eigenvalue weighted by Crippen LogP contribution is 2.24. The summed E-state index contributed by atoms with van der Waals surface area (Å²) in [6, 6.07) is 5.02. The van der Waals surface area contributed by atoms with Crippen LogP contribution in [0.2, 0.25) is 5.02 Å². The van der Waals surface area contributed by atoms with E-state index in [0.717, 1.165) is 11.8 Å². The van der Waals surface area contributed by atoms with Crippen molar-refractivity contribution in [1.82, 2.24) is 0 Å². The van der Waals surface area contributed by atoms with E-state index in [4.69, 9.17) is 11.6 Å². The lowest BCUT2D eigenvalue weighted by Gasteiger charge is -2.04. The lowest BCUT2D eigenvalue weighted by Crippen LogP contribution is -2.00. The van der Waals surface area contributed by atoms with Gasteiger partial charge < -0.3 is 9.90 Å². The maximum atomic E-state index is 10.4. The Labute approximate surface area is 82.2 Å². The van der Waals surface area contributed by atoms with Gasteiger partial charge in [0.25, 0.3) is 0 Å². The van der Waals surface area contributed by atoms with E-state index in [1.54, 1.807) is 12.1 Å². The molecule has 0 bridgehead atoms. The Hall–Kier alpha value is -1.02. The molecule has 70 valence electrons. The monoisotopic (exact) mass is 198 g/mol. The number of rotatable bonds is 3. The summed E-state index contributed by atoms with van der Waals surface area (Å²) in [5, 5.41) is 9.60. The minimum Gasteiger partial charge on any atom is -0.506 e. The van der Waals surface area contributed by atoms with Crippen LogP contribution in [-0.2, 0) is 11.2 Å². The Balaban J connectivity index is 2.79. The number of carbonyl (C=O) groups is 1. The Bertz CT molecular complexity index is 310. The van der Waals surface area contributed by atoms with Crippen LogP contribution in [0.3, 0.4) is 0 Å². The summed E-state index contributed by atoms with van der Waals surface area (Å²) in [6.45, 7) is 1.83. The molecule has 1 aromatic rings. The van der Waals surface area contributed by atoms with Gasteiger partial charge in [-0.05, 0) is 24.1 Å². The molecule has 13 heavy (non-hydrogen) atoms. The molecule has 0 spiro atoms. The van der Waals surface area contributed by atoms with Gasteiger partial charge in [-0.15, -0.1) is 0 Å². The first-order chi connectivity index (χ1) is 6.13. The van der Waals surface area contributed by atoms with E-state index in [9.17, 15) is 9.90 Å². The molecule has 0 aliphatic rings. The molecule has 0 aliphatic carbocycles. The zero-order valence-electron chi connectivity index (χ0n) is 7.33. The van der Waals surface area contributed by atoms with E-state index in [1.165, 1.54) is 0 Å². The summed E-state index contributed by atoms with van der Waals surface area (Å²) in [6.07, 6.45) is 1.53. The summed E-state index contributed by atoms with van der Waals surface area (Å²) in [7, 11) is 0. The number of aromatic hydroxyl groups is 1. The van der Waals surface area contributed by atoms with Crippen LogP contribution in [0.4, 0.5) is 0 Å². The lowest BCUT2D eigenvalue weighted by atomic mass is 10.0. The average molecular weight is 199 g/mol. The fourth-order valence-electron chi connectivity index (χ4n) is 1.11. The fraction of sp³-hybridized carbons (Fsp3) is 0.300. The zero-order valence-corrected chi connectivity index (χ0v) is 8.08. The second-order valence-electron chi connectivity index (χ2n) is 3.10. The molecule has 3 heteroatoms. The molecule has 0 radical (unpaired) electrons. The van der Waals surface area contributed by atoms with Crippen LogP contribution < -0.4 is 0 Å². The van der Waals surface area contributed by atoms with E-state index in [2.05, 4.69) is 0 Å². The Kier molecular flexibility index (Phi) is 3.32. The van der Waals surface area contributed by atoms with Crippen LogP contribution >= 0.6 is 11.6 Å². The van der Waals surface area contributed by atoms with Crippen molar-refractivity contribution in [2.24, 2.45) is 5.92 Å². The van der Waals surface area contributed by atoms with Gasteiger partial charge in [0.15, 0.2) is 0 Å².